The first-order chi connectivity index (χ1) is 18.0. The fourth-order valence-corrected chi connectivity index (χ4v) is 5.77. The predicted molar refractivity (Wildman–Crippen MR) is 132 cm³/mol. The maximum atomic E-state index is 13.1. The monoisotopic (exact) mass is 535 g/mol. The molecule has 2 aliphatic heterocycles. The average Bonchev–Trinajstić information content (AvgIpc) is 3.52. The number of nitrogens with zero attached hydrogens (tertiary/aromatic N) is 3. The van der Waals surface area contributed by atoms with E-state index >= 15 is 0 Å². The molecule has 2 fully saturated rings. The number of aliphatic carboxylic acids is 1. The largest absolute Gasteiger partial charge is 0.490 e. The SMILES string of the molecule is CN1CCN(C(=O)CC2CC3(CCN(C(=O)c4ccco4)CC3)c3ccccc32)CC1.O=C(O)C(F)(F)F. The molecule has 1 spiro atoms. The number of hydrogen-bond acceptors (Lipinski definition) is 5. The number of piperazine rings is 1. The van der Waals surface area contributed by atoms with Crippen LogP contribution in [0.5, 0.6) is 0 Å². The second kappa shape index (κ2) is 11.2. The molecule has 1 unspecified atom stereocenters. The zero-order chi connectivity index (χ0) is 27.5. The van der Waals surface area contributed by atoms with Crippen molar-refractivity contribution in [3.8, 4) is 0 Å². The van der Waals surface area contributed by atoms with Crippen LogP contribution in [0.2, 0.25) is 0 Å². The molecular formula is C27H32F3N3O5. The van der Waals surface area contributed by atoms with Crippen LogP contribution < -0.4 is 0 Å². The van der Waals surface area contributed by atoms with Gasteiger partial charge in [0.15, 0.2) is 5.76 Å². The first kappa shape index (κ1) is 27.7. The van der Waals surface area contributed by atoms with Crippen LogP contribution in [-0.4, -0.2) is 90.1 Å². The van der Waals surface area contributed by atoms with Gasteiger partial charge in [-0.2, -0.15) is 13.2 Å². The smallest absolute Gasteiger partial charge is 0.475 e. The highest BCUT2D eigenvalue weighted by Crippen LogP contribution is 2.52. The molecule has 3 aliphatic rings. The molecule has 8 nitrogen and oxygen atoms in total. The number of benzene rings is 1. The number of carboxylic acid groups (broad SMARTS) is 1. The van der Waals surface area contributed by atoms with Gasteiger partial charge in [0, 0.05) is 45.7 Å². The molecule has 3 heterocycles. The Bertz CT molecular complexity index is 1140. The van der Waals surface area contributed by atoms with Gasteiger partial charge in [-0.05, 0) is 60.9 Å². The molecule has 2 amide bonds. The number of likely N-dealkylation sites (N-methyl/N-ethyl adjacent to an activating group) is 1. The number of rotatable bonds is 3. The van der Waals surface area contributed by atoms with Crippen LogP contribution in [0.1, 0.15) is 53.3 Å². The van der Waals surface area contributed by atoms with Crippen molar-refractivity contribution >= 4 is 17.8 Å². The summed E-state index contributed by atoms with van der Waals surface area (Å²) in [5.41, 5.74) is 2.82. The van der Waals surface area contributed by atoms with Gasteiger partial charge >= 0.3 is 12.1 Å². The van der Waals surface area contributed by atoms with Gasteiger partial charge < -0.3 is 24.2 Å². The molecule has 38 heavy (non-hydrogen) atoms. The van der Waals surface area contributed by atoms with Gasteiger partial charge in [-0.25, -0.2) is 4.79 Å². The number of furan rings is 1. The molecule has 0 radical (unpaired) electrons. The summed E-state index contributed by atoms with van der Waals surface area (Å²) in [5.74, 6) is -1.80. The lowest BCUT2D eigenvalue weighted by Crippen LogP contribution is -2.47. The number of hydrogen-bond donors (Lipinski definition) is 1. The minimum absolute atomic E-state index is 0.0204. The van der Waals surface area contributed by atoms with Crippen molar-refractivity contribution in [1.82, 2.24) is 14.7 Å². The quantitative estimate of drug-likeness (QED) is 0.644. The number of likely N-dealkylation sites (tertiary alicyclic amines) is 1. The summed E-state index contributed by atoms with van der Waals surface area (Å²) >= 11 is 0. The van der Waals surface area contributed by atoms with Crippen LogP contribution in [0.15, 0.2) is 47.1 Å². The van der Waals surface area contributed by atoms with Gasteiger partial charge in [-0.15, -0.1) is 0 Å². The van der Waals surface area contributed by atoms with E-state index in [0.717, 1.165) is 58.5 Å². The number of fused-ring (bicyclic) bond motifs is 2. The third-order valence-corrected chi connectivity index (χ3v) is 7.87. The Morgan fingerprint density at radius 2 is 1.61 bits per heavy atom. The Hall–Kier alpha value is -3.34. The lowest BCUT2D eigenvalue weighted by atomic mass is 9.73. The Balaban J connectivity index is 0.000000426. The predicted octanol–water partition coefficient (Wildman–Crippen LogP) is 3.74. The van der Waals surface area contributed by atoms with Gasteiger partial charge in [0.1, 0.15) is 0 Å². The van der Waals surface area contributed by atoms with Gasteiger partial charge in [-0.3, -0.25) is 9.59 Å². The Labute approximate surface area is 219 Å². The molecular weight excluding hydrogens is 503 g/mol. The zero-order valence-corrected chi connectivity index (χ0v) is 21.2. The fraction of sp³-hybridized carbons (Fsp3) is 0.519. The number of carbonyl (C=O) groups is 3. The fourth-order valence-electron chi connectivity index (χ4n) is 5.77. The van der Waals surface area contributed by atoms with E-state index in [4.69, 9.17) is 14.3 Å². The summed E-state index contributed by atoms with van der Waals surface area (Å²) in [6, 6.07) is 12.2. The van der Waals surface area contributed by atoms with Crippen molar-refractivity contribution < 1.29 is 37.1 Å². The van der Waals surface area contributed by atoms with Crippen LogP contribution in [0, 0.1) is 0 Å². The Morgan fingerprint density at radius 1 is 0.974 bits per heavy atom. The molecule has 1 aliphatic carbocycles. The lowest BCUT2D eigenvalue weighted by molar-refractivity contribution is -0.192. The van der Waals surface area contributed by atoms with Crippen molar-refractivity contribution in [2.75, 3.05) is 46.3 Å². The molecule has 1 aromatic carbocycles. The maximum absolute atomic E-state index is 13.1. The summed E-state index contributed by atoms with van der Waals surface area (Å²) in [4.78, 5) is 40.9. The lowest BCUT2D eigenvalue weighted by Gasteiger charge is -2.40. The summed E-state index contributed by atoms with van der Waals surface area (Å²) in [6.07, 6.45) is -0.0503. The number of carboxylic acids is 1. The molecule has 11 heteroatoms. The average molecular weight is 536 g/mol. The van der Waals surface area contributed by atoms with Gasteiger partial charge in [0.05, 0.1) is 6.26 Å². The van der Waals surface area contributed by atoms with Crippen LogP contribution in [0.3, 0.4) is 0 Å². The summed E-state index contributed by atoms with van der Waals surface area (Å²) < 4.78 is 37.0. The van der Waals surface area contributed by atoms with Crippen LogP contribution in [0.25, 0.3) is 0 Å². The molecule has 1 atom stereocenters. The number of piperidine rings is 1. The van der Waals surface area contributed by atoms with Gasteiger partial charge in [0.25, 0.3) is 5.91 Å². The Kier molecular flexibility index (Phi) is 8.15. The van der Waals surface area contributed by atoms with Crippen molar-refractivity contribution in [1.29, 1.82) is 0 Å². The summed E-state index contributed by atoms with van der Waals surface area (Å²) in [5, 5.41) is 7.12. The molecule has 5 rings (SSSR count). The van der Waals surface area contributed by atoms with E-state index in [1.807, 2.05) is 9.80 Å². The molecule has 0 saturated carbocycles. The highest BCUT2D eigenvalue weighted by Gasteiger charge is 2.46. The third-order valence-electron chi connectivity index (χ3n) is 7.87. The van der Waals surface area contributed by atoms with Crippen LogP contribution in [0.4, 0.5) is 13.2 Å². The van der Waals surface area contributed by atoms with E-state index in [1.165, 1.54) is 11.1 Å². The maximum Gasteiger partial charge on any atom is 0.490 e. The van der Waals surface area contributed by atoms with Crippen LogP contribution in [-0.2, 0) is 15.0 Å². The van der Waals surface area contributed by atoms with Crippen molar-refractivity contribution in [2.24, 2.45) is 0 Å². The highest BCUT2D eigenvalue weighted by molar-refractivity contribution is 5.91. The van der Waals surface area contributed by atoms with E-state index in [0.29, 0.717) is 12.2 Å². The highest BCUT2D eigenvalue weighted by atomic mass is 19.4. The van der Waals surface area contributed by atoms with Crippen LogP contribution >= 0.6 is 0 Å². The van der Waals surface area contributed by atoms with E-state index in [-0.39, 0.29) is 23.1 Å². The molecule has 2 saturated heterocycles. The third kappa shape index (κ3) is 6.03. The molecule has 0 bridgehead atoms. The van der Waals surface area contributed by atoms with E-state index in [9.17, 15) is 22.8 Å². The topological polar surface area (TPSA) is 94.3 Å². The van der Waals surface area contributed by atoms with E-state index in [1.54, 1.807) is 18.4 Å². The van der Waals surface area contributed by atoms with Gasteiger partial charge in [-0.1, -0.05) is 24.3 Å². The van der Waals surface area contributed by atoms with E-state index < -0.39 is 12.1 Å². The number of alkyl halides is 3. The summed E-state index contributed by atoms with van der Waals surface area (Å²) in [6.45, 7) is 5.03. The summed E-state index contributed by atoms with van der Waals surface area (Å²) in [7, 11) is 2.11. The molecule has 206 valence electrons. The minimum Gasteiger partial charge on any atom is -0.475 e. The second-order valence-corrected chi connectivity index (χ2v) is 10.2. The normalized spacial score (nSPS) is 21.0. The number of amides is 2. The first-order valence-corrected chi connectivity index (χ1v) is 12.7. The molecule has 2 aromatic rings. The van der Waals surface area contributed by atoms with E-state index in [2.05, 4.69) is 36.2 Å². The molecule has 1 aromatic heterocycles. The van der Waals surface area contributed by atoms with Crippen molar-refractivity contribution in [2.45, 2.75) is 43.2 Å². The van der Waals surface area contributed by atoms with Gasteiger partial charge in [0.2, 0.25) is 5.91 Å². The zero-order valence-electron chi connectivity index (χ0n) is 21.2. The minimum atomic E-state index is -5.08. The molecule has 1 N–H and O–H groups in total. The van der Waals surface area contributed by atoms with Crippen molar-refractivity contribution in [3.63, 3.8) is 0 Å². The number of halogens is 3. The number of carbonyl (C=O) groups excluding carboxylic acids is 2. The van der Waals surface area contributed by atoms with Crippen molar-refractivity contribution in [3.05, 3.63) is 59.5 Å². The second-order valence-electron chi connectivity index (χ2n) is 10.2. The Morgan fingerprint density at radius 3 is 2.18 bits per heavy atom. The first-order valence-electron chi connectivity index (χ1n) is 12.7. The standard InChI is InChI=1S/C25H31N3O3.C2HF3O2/c1-26-12-14-27(15-13-26)23(29)17-19-18-25(21-6-3-2-5-20(19)21)8-10-28(11-9-25)24(30)22-7-4-16-31-22;3-2(4,5)1(6)7/h2-7,16,19H,8-15,17-18H2,1H3;(H,6,7).